The predicted molar refractivity (Wildman–Crippen MR) is 75.9 cm³/mol. The maximum absolute atomic E-state index is 11.5. The minimum Gasteiger partial charge on any atom is -0.480 e. The van der Waals surface area contributed by atoms with E-state index in [2.05, 4.69) is 17.9 Å². The Balaban J connectivity index is 3.91. The van der Waals surface area contributed by atoms with Gasteiger partial charge in [0.15, 0.2) is 0 Å². The Hall–Kier alpha value is -0.970. The van der Waals surface area contributed by atoms with Gasteiger partial charge in [-0.05, 0) is 25.0 Å². The van der Waals surface area contributed by atoms with E-state index in [0.717, 1.165) is 25.0 Å². The van der Waals surface area contributed by atoms with Crippen LogP contribution < -0.4 is 5.32 Å². The molecule has 18 heavy (non-hydrogen) atoms. The van der Waals surface area contributed by atoms with Crippen molar-refractivity contribution in [3.8, 4) is 0 Å². The molecule has 5 heteroatoms. The fourth-order valence-electron chi connectivity index (χ4n) is 1.46. The van der Waals surface area contributed by atoms with Gasteiger partial charge < -0.3 is 10.4 Å². The lowest BCUT2D eigenvalue weighted by Crippen LogP contribution is -2.40. The molecule has 4 nitrogen and oxygen atoms in total. The van der Waals surface area contributed by atoms with Gasteiger partial charge >= 0.3 is 5.97 Å². The number of carbonyl (C=O) groups excluding carboxylic acids is 1. The zero-order chi connectivity index (χ0) is 13.8. The summed E-state index contributed by atoms with van der Waals surface area (Å²) in [7, 11) is 0. The Morgan fingerprint density at radius 1 is 1.33 bits per heavy atom. The lowest BCUT2D eigenvalue weighted by molar-refractivity contribution is -0.142. The summed E-state index contributed by atoms with van der Waals surface area (Å²) in [6.07, 6.45) is 7.99. The number of hydrogen-bond acceptors (Lipinski definition) is 3. The molecular formula is C13H23NO3S. The first-order valence-electron chi connectivity index (χ1n) is 6.39. The summed E-state index contributed by atoms with van der Waals surface area (Å²) in [5, 5.41) is 11.5. The van der Waals surface area contributed by atoms with E-state index in [1.807, 2.05) is 19.1 Å². The van der Waals surface area contributed by atoms with Crippen molar-refractivity contribution >= 4 is 24.5 Å². The van der Waals surface area contributed by atoms with E-state index < -0.39 is 12.0 Å². The molecule has 1 atom stereocenters. The normalized spacial score (nSPS) is 12.6. The third-order valence-electron chi connectivity index (χ3n) is 2.48. The van der Waals surface area contributed by atoms with Gasteiger partial charge in [-0.3, -0.25) is 4.79 Å². The number of carboxylic acids is 1. The van der Waals surface area contributed by atoms with Crippen LogP contribution in [0.15, 0.2) is 12.2 Å². The smallest absolute Gasteiger partial charge is 0.326 e. The standard InChI is InChI=1S/C13H23NO3S/c1-2-3-8-11(13(16)17)14-12(15)9-6-4-5-7-10-18/h4-5,11,18H,2-3,6-10H2,1H3,(H,14,15)(H,16,17)/b5-4+/t11-/m0/s1. The summed E-state index contributed by atoms with van der Waals surface area (Å²) < 4.78 is 0. The van der Waals surface area contributed by atoms with Gasteiger partial charge in [-0.25, -0.2) is 4.79 Å². The highest BCUT2D eigenvalue weighted by molar-refractivity contribution is 7.80. The molecule has 0 aromatic heterocycles. The molecule has 2 N–H and O–H groups in total. The van der Waals surface area contributed by atoms with E-state index in [-0.39, 0.29) is 5.91 Å². The van der Waals surface area contributed by atoms with E-state index in [4.69, 9.17) is 5.11 Å². The number of thiol groups is 1. The summed E-state index contributed by atoms with van der Waals surface area (Å²) in [6, 6.07) is -0.751. The van der Waals surface area contributed by atoms with Crippen LogP contribution in [0.25, 0.3) is 0 Å². The van der Waals surface area contributed by atoms with Gasteiger partial charge in [0, 0.05) is 6.42 Å². The molecule has 0 aromatic carbocycles. The van der Waals surface area contributed by atoms with Gasteiger partial charge in [0.05, 0.1) is 0 Å². The highest BCUT2D eigenvalue weighted by Crippen LogP contribution is 2.02. The number of rotatable bonds is 10. The van der Waals surface area contributed by atoms with Crippen LogP contribution in [0.1, 0.15) is 45.4 Å². The van der Waals surface area contributed by atoms with Crippen molar-refractivity contribution in [2.45, 2.75) is 51.5 Å². The molecule has 0 unspecified atom stereocenters. The predicted octanol–water partition coefficient (Wildman–Crippen LogP) is 2.40. The number of unbranched alkanes of at least 4 members (excludes halogenated alkanes) is 1. The van der Waals surface area contributed by atoms with Crippen molar-refractivity contribution in [1.29, 1.82) is 0 Å². The summed E-state index contributed by atoms with van der Waals surface area (Å²) in [5.74, 6) is -0.364. The topological polar surface area (TPSA) is 66.4 Å². The molecule has 0 rings (SSSR count). The Kier molecular flexibility index (Phi) is 10.5. The fourth-order valence-corrected chi connectivity index (χ4v) is 1.61. The second kappa shape index (κ2) is 11.1. The molecule has 0 saturated carbocycles. The quantitative estimate of drug-likeness (QED) is 0.423. The minimum atomic E-state index is -0.956. The lowest BCUT2D eigenvalue weighted by atomic mass is 10.1. The third-order valence-corrected chi connectivity index (χ3v) is 2.74. The first-order valence-corrected chi connectivity index (χ1v) is 7.03. The molecule has 0 saturated heterocycles. The Morgan fingerprint density at radius 2 is 2.00 bits per heavy atom. The van der Waals surface area contributed by atoms with Crippen LogP contribution in [-0.2, 0) is 9.59 Å². The molecule has 104 valence electrons. The maximum atomic E-state index is 11.5. The van der Waals surface area contributed by atoms with Gasteiger partial charge in [-0.15, -0.1) is 0 Å². The van der Waals surface area contributed by atoms with Gasteiger partial charge in [-0.1, -0.05) is 31.9 Å². The van der Waals surface area contributed by atoms with E-state index >= 15 is 0 Å². The molecular weight excluding hydrogens is 250 g/mol. The minimum absolute atomic E-state index is 0.200. The molecule has 0 fully saturated rings. The van der Waals surface area contributed by atoms with Gasteiger partial charge in [-0.2, -0.15) is 12.6 Å². The monoisotopic (exact) mass is 273 g/mol. The van der Waals surface area contributed by atoms with Crippen molar-refractivity contribution in [2.75, 3.05) is 5.75 Å². The molecule has 0 aliphatic heterocycles. The number of allylic oxidation sites excluding steroid dienone is 2. The van der Waals surface area contributed by atoms with Crippen LogP contribution in [0.3, 0.4) is 0 Å². The van der Waals surface area contributed by atoms with Crippen LogP contribution in [0, 0.1) is 0 Å². The van der Waals surface area contributed by atoms with E-state index in [9.17, 15) is 9.59 Å². The van der Waals surface area contributed by atoms with Crippen molar-refractivity contribution in [2.24, 2.45) is 0 Å². The molecule has 0 aliphatic rings. The van der Waals surface area contributed by atoms with E-state index in [1.54, 1.807) is 0 Å². The average Bonchev–Trinajstić information content (AvgIpc) is 2.33. The number of hydrogen-bond donors (Lipinski definition) is 3. The summed E-state index contributed by atoms with van der Waals surface area (Å²) in [6.45, 7) is 1.99. The molecule has 0 spiro atoms. The lowest BCUT2D eigenvalue weighted by Gasteiger charge is -2.13. The highest BCUT2D eigenvalue weighted by Gasteiger charge is 2.18. The number of amides is 1. The number of carbonyl (C=O) groups is 2. The van der Waals surface area contributed by atoms with Crippen molar-refractivity contribution < 1.29 is 14.7 Å². The first kappa shape index (κ1) is 17.0. The molecule has 0 radical (unpaired) electrons. The number of carboxylic acid groups (broad SMARTS) is 1. The largest absolute Gasteiger partial charge is 0.480 e. The van der Waals surface area contributed by atoms with Crippen LogP contribution in [0.5, 0.6) is 0 Å². The van der Waals surface area contributed by atoms with Gasteiger partial charge in [0.2, 0.25) is 5.91 Å². The zero-order valence-electron chi connectivity index (χ0n) is 10.9. The molecule has 0 bridgehead atoms. The molecule has 0 aliphatic carbocycles. The zero-order valence-corrected chi connectivity index (χ0v) is 11.8. The van der Waals surface area contributed by atoms with Crippen molar-refractivity contribution in [3.05, 3.63) is 12.2 Å². The third kappa shape index (κ3) is 9.10. The Morgan fingerprint density at radius 3 is 2.56 bits per heavy atom. The molecule has 0 heterocycles. The van der Waals surface area contributed by atoms with Crippen LogP contribution in [-0.4, -0.2) is 28.8 Å². The summed E-state index contributed by atoms with van der Waals surface area (Å²) in [5.41, 5.74) is 0. The number of aliphatic carboxylic acids is 1. The van der Waals surface area contributed by atoms with Crippen LogP contribution in [0.4, 0.5) is 0 Å². The second-order valence-electron chi connectivity index (χ2n) is 4.12. The van der Waals surface area contributed by atoms with Gasteiger partial charge in [0.1, 0.15) is 6.04 Å². The first-order chi connectivity index (χ1) is 8.61. The molecule has 1 amide bonds. The van der Waals surface area contributed by atoms with Crippen molar-refractivity contribution in [3.63, 3.8) is 0 Å². The van der Waals surface area contributed by atoms with E-state index in [0.29, 0.717) is 19.3 Å². The fraction of sp³-hybridized carbons (Fsp3) is 0.692. The van der Waals surface area contributed by atoms with Crippen LogP contribution in [0.2, 0.25) is 0 Å². The SMILES string of the molecule is CCCC[C@H](NC(=O)CC/C=C/CCS)C(=O)O. The number of nitrogens with one attached hydrogen (secondary N) is 1. The average molecular weight is 273 g/mol. The molecule has 0 aromatic rings. The Bertz CT molecular complexity index is 279. The summed E-state index contributed by atoms with van der Waals surface area (Å²) >= 11 is 4.07. The van der Waals surface area contributed by atoms with Crippen molar-refractivity contribution in [1.82, 2.24) is 5.32 Å². The highest BCUT2D eigenvalue weighted by atomic mass is 32.1. The summed E-state index contributed by atoms with van der Waals surface area (Å²) in [4.78, 5) is 22.4. The second-order valence-corrected chi connectivity index (χ2v) is 4.57. The maximum Gasteiger partial charge on any atom is 0.326 e. The van der Waals surface area contributed by atoms with Gasteiger partial charge in [0.25, 0.3) is 0 Å². The van der Waals surface area contributed by atoms with Crippen LogP contribution >= 0.6 is 12.6 Å². The van der Waals surface area contributed by atoms with E-state index in [1.165, 1.54) is 0 Å². The Labute approximate surface area is 114 Å².